The molecule has 0 aromatic heterocycles. The maximum Gasteiger partial charge on any atom is 0.222 e. The van der Waals surface area contributed by atoms with Gasteiger partial charge < -0.3 is 20.6 Å². The van der Waals surface area contributed by atoms with Gasteiger partial charge in [-0.2, -0.15) is 0 Å². The summed E-state index contributed by atoms with van der Waals surface area (Å²) in [7, 11) is 0. The number of aliphatic hydroxyl groups is 3. The number of allylic oxidation sites excluding steroid dienone is 7. The minimum atomic E-state index is -0.958. The number of carbonyl (C=O) groups excluding carboxylic acids is 1. The van der Waals surface area contributed by atoms with E-state index in [-0.39, 0.29) is 18.9 Å². The highest BCUT2D eigenvalue weighted by Gasteiger charge is 2.20. The van der Waals surface area contributed by atoms with E-state index in [0.29, 0.717) is 6.42 Å². The van der Waals surface area contributed by atoms with Gasteiger partial charge in [-0.1, -0.05) is 171 Å². The highest BCUT2D eigenvalue weighted by Crippen LogP contribution is 2.15. The SMILES string of the molecule is C/C=C/CC/C=C/CC/C=C/C(O)C(CO)NC(=O)CC(O)CCCCCCCCCC/C=C\CCCCCCCCCCCCCC. The molecule has 0 radical (unpaired) electrons. The zero-order valence-electron chi connectivity index (χ0n) is 31.6. The molecular weight excluding hydrogens is 594 g/mol. The maximum atomic E-state index is 12.4. The summed E-state index contributed by atoms with van der Waals surface area (Å²) >= 11 is 0. The lowest BCUT2D eigenvalue weighted by Crippen LogP contribution is -2.45. The molecule has 5 heteroatoms. The Morgan fingerprint density at radius 3 is 1.46 bits per heavy atom. The van der Waals surface area contributed by atoms with Crippen LogP contribution in [0.2, 0.25) is 0 Å². The second-order valence-electron chi connectivity index (χ2n) is 13.9. The number of hydrogen-bond acceptors (Lipinski definition) is 4. The van der Waals surface area contributed by atoms with Crippen molar-refractivity contribution in [2.45, 2.75) is 212 Å². The molecule has 0 fully saturated rings. The molecule has 0 aromatic rings. The molecule has 3 unspecified atom stereocenters. The van der Waals surface area contributed by atoms with Gasteiger partial charge >= 0.3 is 0 Å². The molecule has 5 nitrogen and oxygen atoms in total. The lowest BCUT2D eigenvalue weighted by atomic mass is 10.0. The first kappa shape index (κ1) is 46.3. The molecule has 4 N–H and O–H groups in total. The van der Waals surface area contributed by atoms with E-state index in [4.69, 9.17) is 0 Å². The van der Waals surface area contributed by atoms with Gasteiger partial charge in [-0.3, -0.25) is 4.79 Å². The first-order chi connectivity index (χ1) is 23.5. The quantitative estimate of drug-likeness (QED) is 0.0393. The fraction of sp³-hybridized carbons (Fsp3) is 0.791. The molecule has 0 saturated heterocycles. The van der Waals surface area contributed by atoms with Crippen LogP contribution in [-0.4, -0.2) is 46.1 Å². The maximum absolute atomic E-state index is 12.4. The summed E-state index contributed by atoms with van der Waals surface area (Å²) in [4.78, 5) is 12.4. The third-order valence-corrected chi connectivity index (χ3v) is 9.16. The Labute approximate surface area is 297 Å². The molecule has 0 heterocycles. The smallest absolute Gasteiger partial charge is 0.222 e. The lowest BCUT2D eigenvalue weighted by Gasteiger charge is -2.21. The molecule has 0 aromatic carbocycles. The van der Waals surface area contributed by atoms with E-state index in [1.165, 1.54) is 128 Å². The minimum Gasteiger partial charge on any atom is -0.394 e. The predicted octanol–water partition coefficient (Wildman–Crippen LogP) is 11.4. The van der Waals surface area contributed by atoms with Crippen molar-refractivity contribution in [1.29, 1.82) is 0 Å². The van der Waals surface area contributed by atoms with Crippen molar-refractivity contribution in [3.05, 3.63) is 48.6 Å². The van der Waals surface area contributed by atoms with Crippen molar-refractivity contribution >= 4 is 5.91 Å². The Kier molecular flexibility index (Phi) is 36.8. The third-order valence-electron chi connectivity index (χ3n) is 9.16. The Morgan fingerprint density at radius 1 is 0.562 bits per heavy atom. The standard InChI is InChI=1S/C43H79NO4/c1-3-5-7-9-11-13-14-15-16-17-18-19-20-21-22-23-24-25-26-27-29-30-32-34-36-40(46)38-43(48)44-41(39-45)42(47)37-35-33-31-28-12-10-8-6-4-2/h4,6,12,21-22,28,35,37,40-42,45-47H,3,5,7-11,13-20,23-27,29-34,36,38-39H2,1-2H3,(H,44,48)/b6-4+,22-21-,28-12+,37-35+. The summed E-state index contributed by atoms with van der Waals surface area (Å²) in [6, 6.07) is -0.766. The van der Waals surface area contributed by atoms with Crippen LogP contribution in [0.4, 0.5) is 0 Å². The highest BCUT2D eigenvalue weighted by atomic mass is 16.3. The molecule has 0 rings (SSSR count). The Morgan fingerprint density at radius 2 is 0.979 bits per heavy atom. The van der Waals surface area contributed by atoms with Gasteiger partial charge in [0, 0.05) is 0 Å². The largest absolute Gasteiger partial charge is 0.394 e. The summed E-state index contributed by atoms with van der Waals surface area (Å²) in [6.07, 6.45) is 48.5. The molecular formula is C43H79NO4. The number of carbonyl (C=O) groups is 1. The second kappa shape index (κ2) is 38.1. The van der Waals surface area contributed by atoms with Crippen LogP contribution < -0.4 is 5.32 Å². The fourth-order valence-corrected chi connectivity index (χ4v) is 6.02. The fourth-order valence-electron chi connectivity index (χ4n) is 6.02. The van der Waals surface area contributed by atoms with Crippen molar-refractivity contribution in [3.63, 3.8) is 0 Å². The van der Waals surface area contributed by atoms with Crippen LogP contribution in [0.15, 0.2) is 48.6 Å². The first-order valence-electron chi connectivity index (χ1n) is 20.4. The summed E-state index contributed by atoms with van der Waals surface area (Å²) in [5, 5.41) is 32.9. The normalized spacial score (nSPS) is 14.2. The van der Waals surface area contributed by atoms with Gasteiger partial charge in [0.2, 0.25) is 5.91 Å². The Hall–Kier alpha value is -1.69. The van der Waals surface area contributed by atoms with E-state index < -0.39 is 18.2 Å². The van der Waals surface area contributed by atoms with Gasteiger partial charge in [0.05, 0.1) is 31.3 Å². The second-order valence-corrected chi connectivity index (χ2v) is 13.9. The van der Waals surface area contributed by atoms with Crippen LogP contribution in [0, 0.1) is 0 Å². The van der Waals surface area contributed by atoms with Gasteiger partial charge in [0.1, 0.15) is 0 Å². The van der Waals surface area contributed by atoms with Crippen LogP contribution in [0.3, 0.4) is 0 Å². The first-order valence-corrected chi connectivity index (χ1v) is 20.4. The molecule has 48 heavy (non-hydrogen) atoms. The summed E-state index contributed by atoms with van der Waals surface area (Å²) in [5.74, 6) is -0.336. The summed E-state index contributed by atoms with van der Waals surface area (Å²) in [6.45, 7) is 3.96. The number of nitrogens with one attached hydrogen (secondary N) is 1. The molecule has 0 spiro atoms. The molecule has 0 bridgehead atoms. The number of rotatable bonds is 36. The topological polar surface area (TPSA) is 89.8 Å². The van der Waals surface area contributed by atoms with E-state index in [2.05, 4.69) is 48.7 Å². The van der Waals surface area contributed by atoms with Gasteiger partial charge in [0.25, 0.3) is 0 Å². The minimum absolute atomic E-state index is 0.00124. The van der Waals surface area contributed by atoms with E-state index >= 15 is 0 Å². The summed E-state index contributed by atoms with van der Waals surface area (Å²) in [5.41, 5.74) is 0. The van der Waals surface area contributed by atoms with Crippen LogP contribution >= 0.6 is 0 Å². The van der Waals surface area contributed by atoms with Crippen LogP contribution in [0.25, 0.3) is 0 Å². The zero-order valence-corrected chi connectivity index (χ0v) is 31.6. The van der Waals surface area contributed by atoms with Crippen molar-refractivity contribution in [2.24, 2.45) is 0 Å². The van der Waals surface area contributed by atoms with Gasteiger partial charge in [-0.05, 0) is 64.7 Å². The predicted molar refractivity (Wildman–Crippen MR) is 208 cm³/mol. The number of amides is 1. The Balaban J connectivity index is 3.61. The molecule has 0 saturated carbocycles. The third kappa shape index (κ3) is 34.2. The average Bonchev–Trinajstić information content (AvgIpc) is 3.08. The van der Waals surface area contributed by atoms with Crippen molar-refractivity contribution in [2.75, 3.05) is 6.61 Å². The lowest BCUT2D eigenvalue weighted by molar-refractivity contribution is -0.124. The number of unbranched alkanes of at least 4 members (excludes halogenated alkanes) is 22. The van der Waals surface area contributed by atoms with E-state index in [0.717, 1.165) is 38.5 Å². The van der Waals surface area contributed by atoms with Crippen molar-refractivity contribution < 1.29 is 20.1 Å². The van der Waals surface area contributed by atoms with Crippen LogP contribution in [0.1, 0.15) is 194 Å². The van der Waals surface area contributed by atoms with Crippen LogP contribution in [0.5, 0.6) is 0 Å². The van der Waals surface area contributed by atoms with Gasteiger partial charge in [0.15, 0.2) is 0 Å². The van der Waals surface area contributed by atoms with E-state index in [1.807, 2.05) is 13.0 Å². The van der Waals surface area contributed by atoms with Gasteiger partial charge in [-0.15, -0.1) is 0 Å². The Bertz CT molecular complexity index is 790. The van der Waals surface area contributed by atoms with E-state index in [1.54, 1.807) is 6.08 Å². The molecule has 0 aliphatic carbocycles. The molecule has 1 amide bonds. The van der Waals surface area contributed by atoms with E-state index in [9.17, 15) is 20.1 Å². The number of aliphatic hydroxyl groups excluding tert-OH is 3. The van der Waals surface area contributed by atoms with Gasteiger partial charge in [-0.25, -0.2) is 0 Å². The number of hydrogen-bond donors (Lipinski definition) is 4. The molecule has 3 atom stereocenters. The average molecular weight is 674 g/mol. The summed E-state index contributed by atoms with van der Waals surface area (Å²) < 4.78 is 0. The zero-order chi connectivity index (χ0) is 35.2. The molecule has 0 aliphatic rings. The van der Waals surface area contributed by atoms with Crippen LogP contribution in [-0.2, 0) is 4.79 Å². The molecule has 0 aliphatic heterocycles. The monoisotopic (exact) mass is 674 g/mol. The van der Waals surface area contributed by atoms with Crippen molar-refractivity contribution in [3.8, 4) is 0 Å². The highest BCUT2D eigenvalue weighted by molar-refractivity contribution is 5.76. The molecule has 280 valence electrons. The van der Waals surface area contributed by atoms with Crippen molar-refractivity contribution in [1.82, 2.24) is 5.32 Å².